The number of ether oxygens (including phenoxy) is 1. The number of nitrogens with zero attached hydrogens (tertiary/aromatic N) is 2. The summed E-state index contributed by atoms with van der Waals surface area (Å²) in [6, 6.07) is 6.26. The molecule has 1 fully saturated rings. The predicted octanol–water partition coefficient (Wildman–Crippen LogP) is 4.03. The number of hydrogen-bond acceptors (Lipinski definition) is 5. The van der Waals surface area contributed by atoms with Crippen molar-refractivity contribution >= 4 is 54.2 Å². The molecular weight excluding hydrogens is 390 g/mol. The van der Waals surface area contributed by atoms with Gasteiger partial charge in [0.15, 0.2) is 5.13 Å². The number of carbonyl (C=O) groups excluding carboxylic acids is 1. The van der Waals surface area contributed by atoms with E-state index in [1.807, 2.05) is 6.07 Å². The molecule has 0 spiro atoms. The molecule has 0 bridgehead atoms. The molecule has 0 aliphatic carbocycles. The van der Waals surface area contributed by atoms with E-state index >= 15 is 0 Å². The molecule has 1 aliphatic heterocycles. The third-order valence-electron chi connectivity index (χ3n) is 4.07. The summed E-state index contributed by atoms with van der Waals surface area (Å²) in [6.07, 6.45) is 2.96. The van der Waals surface area contributed by atoms with E-state index in [1.54, 1.807) is 0 Å². The lowest BCUT2D eigenvalue weighted by Gasteiger charge is -2.28. The second-order valence-corrected chi connectivity index (χ2v) is 8.01. The summed E-state index contributed by atoms with van der Waals surface area (Å²) in [6.45, 7) is 5.49. The molecule has 130 valence electrons. The molecule has 7 heteroatoms. The van der Waals surface area contributed by atoms with Crippen molar-refractivity contribution in [1.82, 2.24) is 4.98 Å². The molecule has 5 nitrogen and oxygen atoms in total. The van der Waals surface area contributed by atoms with Crippen molar-refractivity contribution in [2.45, 2.75) is 31.0 Å². The molecule has 0 saturated carbocycles. The summed E-state index contributed by atoms with van der Waals surface area (Å²) in [5.74, 6) is -0.0177. The van der Waals surface area contributed by atoms with Crippen LogP contribution in [0.1, 0.15) is 26.2 Å². The third kappa shape index (κ3) is 4.26. The number of rotatable bonds is 6. The molecule has 0 unspecified atom stereocenters. The topological polar surface area (TPSA) is 54.5 Å². The number of amides is 1. The summed E-state index contributed by atoms with van der Waals surface area (Å²) in [5.41, 5.74) is 2.11. The maximum atomic E-state index is 12.2. The van der Waals surface area contributed by atoms with Crippen LogP contribution in [-0.4, -0.2) is 42.0 Å². The van der Waals surface area contributed by atoms with Gasteiger partial charge in [-0.1, -0.05) is 47.0 Å². The zero-order chi connectivity index (χ0) is 16.9. The van der Waals surface area contributed by atoms with Crippen LogP contribution in [-0.2, 0) is 9.53 Å². The summed E-state index contributed by atoms with van der Waals surface area (Å²) >= 11 is 4.98. The largest absolute Gasteiger partial charge is 0.378 e. The van der Waals surface area contributed by atoms with E-state index in [0.717, 1.165) is 55.8 Å². The summed E-state index contributed by atoms with van der Waals surface area (Å²) in [4.78, 5) is 18.9. The first-order valence-corrected chi connectivity index (χ1v) is 10.1. The highest BCUT2D eigenvalue weighted by atomic mass is 79.9. The van der Waals surface area contributed by atoms with Crippen LogP contribution in [0.2, 0.25) is 0 Å². The van der Waals surface area contributed by atoms with Crippen molar-refractivity contribution in [2.24, 2.45) is 0 Å². The Morgan fingerprint density at radius 1 is 1.46 bits per heavy atom. The van der Waals surface area contributed by atoms with Gasteiger partial charge in [-0.05, 0) is 24.6 Å². The highest BCUT2D eigenvalue weighted by Gasteiger charge is 2.17. The molecule has 1 atom stereocenters. The van der Waals surface area contributed by atoms with E-state index < -0.39 is 0 Å². The van der Waals surface area contributed by atoms with Gasteiger partial charge in [-0.2, -0.15) is 0 Å². The van der Waals surface area contributed by atoms with E-state index in [0.29, 0.717) is 5.13 Å². The first kappa shape index (κ1) is 17.6. The summed E-state index contributed by atoms with van der Waals surface area (Å²) in [7, 11) is 0. The highest BCUT2D eigenvalue weighted by molar-refractivity contribution is 9.10. The van der Waals surface area contributed by atoms with Crippen LogP contribution >= 0.6 is 27.3 Å². The lowest BCUT2D eigenvalue weighted by molar-refractivity contribution is -0.115. The summed E-state index contributed by atoms with van der Waals surface area (Å²) < 4.78 is 6.50. The molecular formula is C17H22BrN3O2S. The first-order chi connectivity index (χ1) is 11.7. The molecule has 0 radical (unpaired) electrons. The number of alkyl halides is 1. The molecule has 1 saturated heterocycles. The Hall–Kier alpha value is -1.18. The van der Waals surface area contributed by atoms with Crippen molar-refractivity contribution in [3.8, 4) is 0 Å². The zero-order valence-electron chi connectivity index (χ0n) is 13.8. The molecule has 2 aromatic rings. The Labute approximate surface area is 154 Å². The van der Waals surface area contributed by atoms with Gasteiger partial charge in [0.1, 0.15) is 0 Å². The fourth-order valence-corrected chi connectivity index (χ4v) is 4.02. The van der Waals surface area contributed by atoms with Gasteiger partial charge in [-0.3, -0.25) is 4.79 Å². The number of aromatic nitrogens is 1. The van der Waals surface area contributed by atoms with E-state index in [-0.39, 0.29) is 10.7 Å². The molecule has 1 N–H and O–H groups in total. The first-order valence-electron chi connectivity index (χ1n) is 8.35. The van der Waals surface area contributed by atoms with Gasteiger partial charge in [0.25, 0.3) is 0 Å². The van der Waals surface area contributed by atoms with Crippen LogP contribution in [0.3, 0.4) is 0 Å². The maximum Gasteiger partial charge on any atom is 0.239 e. The van der Waals surface area contributed by atoms with Crippen molar-refractivity contribution in [3.05, 3.63) is 18.2 Å². The molecule has 1 aromatic carbocycles. The molecule has 2 heterocycles. The number of fused-ring (bicyclic) bond motifs is 1. The quantitative estimate of drug-likeness (QED) is 0.729. The average Bonchev–Trinajstić information content (AvgIpc) is 3.01. The smallest absolute Gasteiger partial charge is 0.239 e. The number of benzene rings is 1. The number of unbranched alkanes of at least 4 members (excludes halogenated alkanes) is 1. The lowest BCUT2D eigenvalue weighted by Crippen LogP contribution is -2.36. The number of hydrogen-bond donors (Lipinski definition) is 1. The van der Waals surface area contributed by atoms with Gasteiger partial charge in [-0.15, -0.1) is 0 Å². The molecule has 1 aliphatic rings. The fourth-order valence-electron chi connectivity index (χ4n) is 2.68. The monoisotopic (exact) mass is 411 g/mol. The zero-order valence-corrected chi connectivity index (χ0v) is 16.2. The van der Waals surface area contributed by atoms with E-state index in [1.165, 1.54) is 17.0 Å². The fraction of sp³-hybridized carbons (Fsp3) is 0.529. The van der Waals surface area contributed by atoms with Crippen molar-refractivity contribution < 1.29 is 9.53 Å². The molecule has 3 rings (SSSR count). The Balaban J connectivity index is 1.70. The number of morpholine rings is 1. The number of thiazole rings is 1. The van der Waals surface area contributed by atoms with Crippen LogP contribution in [0, 0.1) is 0 Å². The Kier molecular flexibility index (Phi) is 6.08. The van der Waals surface area contributed by atoms with Crippen molar-refractivity contribution in [1.29, 1.82) is 0 Å². The van der Waals surface area contributed by atoms with Crippen LogP contribution in [0.15, 0.2) is 18.2 Å². The minimum atomic E-state index is -0.159. The van der Waals surface area contributed by atoms with Gasteiger partial charge in [0.05, 0.1) is 28.3 Å². The van der Waals surface area contributed by atoms with E-state index in [4.69, 9.17) is 4.74 Å². The van der Waals surface area contributed by atoms with Crippen molar-refractivity contribution in [3.63, 3.8) is 0 Å². The average molecular weight is 412 g/mol. The van der Waals surface area contributed by atoms with Crippen LogP contribution < -0.4 is 10.2 Å². The molecule has 1 aromatic heterocycles. The van der Waals surface area contributed by atoms with Gasteiger partial charge in [-0.25, -0.2) is 4.98 Å². The third-order valence-corrected chi connectivity index (χ3v) is 5.88. The van der Waals surface area contributed by atoms with Crippen LogP contribution in [0.4, 0.5) is 10.8 Å². The Morgan fingerprint density at radius 3 is 3.00 bits per heavy atom. The molecule has 1 amide bonds. The summed E-state index contributed by atoms with van der Waals surface area (Å²) in [5, 5.41) is 3.59. The van der Waals surface area contributed by atoms with Crippen LogP contribution in [0.5, 0.6) is 0 Å². The van der Waals surface area contributed by atoms with E-state index in [9.17, 15) is 4.79 Å². The Bertz CT molecular complexity index is 700. The van der Waals surface area contributed by atoms with Crippen molar-refractivity contribution in [2.75, 3.05) is 36.5 Å². The predicted molar refractivity (Wildman–Crippen MR) is 104 cm³/mol. The van der Waals surface area contributed by atoms with Gasteiger partial charge in [0, 0.05) is 18.8 Å². The van der Waals surface area contributed by atoms with Crippen LogP contribution in [0.25, 0.3) is 10.2 Å². The number of anilines is 2. The second kappa shape index (κ2) is 8.27. The lowest BCUT2D eigenvalue weighted by atomic mass is 10.2. The van der Waals surface area contributed by atoms with Gasteiger partial charge < -0.3 is 15.0 Å². The molecule has 24 heavy (non-hydrogen) atoms. The maximum absolute atomic E-state index is 12.2. The SMILES string of the molecule is CCCC[C@H](Br)C(=O)Nc1nc2ccc(N3CCOCC3)cc2s1. The minimum absolute atomic E-state index is 0.0177. The highest BCUT2D eigenvalue weighted by Crippen LogP contribution is 2.30. The number of carbonyl (C=O) groups is 1. The van der Waals surface area contributed by atoms with Gasteiger partial charge >= 0.3 is 0 Å². The normalized spacial score (nSPS) is 16.3. The number of nitrogens with one attached hydrogen (secondary N) is 1. The second-order valence-electron chi connectivity index (χ2n) is 5.87. The Morgan fingerprint density at radius 2 is 2.25 bits per heavy atom. The standard InChI is InChI=1S/C17H22BrN3O2S/c1-2-3-4-13(18)16(22)20-17-19-14-6-5-12(11-15(14)24-17)21-7-9-23-10-8-21/h5-6,11,13H,2-4,7-10H2,1H3,(H,19,20,22)/t13-/m0/s1. The minimum Gasteiger partial charge on any atom is -0.378 e. The number of halogens is 1. The van der Waals surface area contributed by atoms with E-state index in [2.05, 4.69) is 50.2 Å². The van der Waals surface area contributed by atoms with Gasteiger partial charge in [0.2, 0.25) is 5.91 Å².